The predicted octanol–water partition coefficient (Wildman–Crippen LogP) is 6.14. The Balaban J connectivity index is 1.40. The second-order valence-corrected chi connectivity index (χ2v) is 9.18. The van der Waals surface area contributed by atoms with Crippen LogP contribution < -0.4 is 10.6 Å². The van der Waals surface area contributed by atoms with E-state index in [1.54, 1.807) is 42.5 Å². The molecule has 7 heteroatoms. The van der Waals surface area contributed by atoms with Crippen molar-refractivity contribution >= 4 is 51.7 Å². The third-order valence-corrected chi connectivity index (χ3v) is 6.66. The summed E-state index contributed by atoms with van der Waals surface area (Å²) < 4.78 is 0. The van der Waals surface area contributed by atoms with Gasteiger partial charge in [-0.2, -0.15) is 0 Å². The molecule has 0 aromatic heterocycles. The number of anilines is 2. The van der Waals surface area contributed by atoms with E-state index < -0.39 is 11.9 Å². The van der Waals surface area contributed by atoms with Gasteiger partial charge in [-0.3, -0.25) is 9.59 Å². The number of fused-ring (bicyclic) bond motifs is 1. The molecule has 35 heavy (non-hydrogen) atoms. The molecule has 0 heterocycles. The van der Waals surface area contributed by atoms with Crippen LogP contribution in [0.3, 0.4) is 0 Å². The topological polar surface area (TPSA) is 95.5 Å². The molecule has 4 aromatic carbocycles. The summed E-state index contributed by atoms with van der Waals surface area (Å²) in [6, 6.07) is 23.0. The van der Waals surface area contributed by atoms with Crippen molar-refractivity contribution in [1.82, 2.24) is 0 Å². The second kappa shape index (κ2) is 10.4. The number of carbonyl (C=O) groups excluding carboxylic acids is 2. The van der Waals surface area contributed by atoms with Crippen molar-refractivity contribution in [2.75, 3.05) is 16.4 Å². The molecule has 0 unspecified atom stereocenters. The Kier molecular flexibility index (Phi) is 7.17. The van der Waals surface area contributed by atoms with Crippen LogP contribution in [0.25, 0.3) is 10.8 Å². The average Bonchev–Trinajstić information content (AvgIpc) is 2.85. The van der Waals surface area contributed by atoms with Gasteiger partial charge < -0.3 is 15.7 Å². The molecular weight excluding hydrogens is 460 g/mol. The normalized spacial score (nSPS) is 10.7. The molecule has 176 valence electrons. The van der Waals surface area contributed by atoms with Gasteiger partial charge in [0.2, 0.25) is 5.91 Å². The molecule has 0 aliphatic carbocycles. The molecule has 3 N–H and O–H groups in total. The summed E-state index contributed by atoms with van der Waals surface area (Å²) in [5.74, 6) is -1.32. The summed E-state index contributed by atoms with van der Waals surface area (Å²) in [6.07, 6.45) is 0. The van der Waals surface area contributed by atoms with Gasteiger partial charge in [-0.25, -0.2) is 4.79 Å². The minimum atomic E-state index is -1.08. The lowest BCUT2D eigenvalue weighted by atomic mass is 9.98. The molecule has 6 nitrogen and oxygen atoms in total. The van der Waals surface area contributed by atoms with Crippen LogP contribution in [0.1, 0.15) is 31.8 Å². The fraction of sp³-hybridized carbons (Fsp3) is 0.107. The minimum absolute atomic E-state index is 0.0825. The highest BCUT2D eigenvalue weighted by molar-refractivity contribution is 8.00. The van der Waals surface area contributed by atoms with Gasteiger partial charge in [0.05, 0.1) is 11.3 Å². The van der Waals surface area contributed by atoms with Crippen molar-refractivity contribution in [1.29, 1.82) is 0 Å². The number of nitrogens with one attached hydrogen (secondary N) is 2. The standard InChI is InChI=1S/C28H24N2O4S/c1-17-9-10-21(15-18(17)2)29-25(31)16-35-22-13-11-20(12-14-22)30-27(32)23-7-3-5-19-6-4-8-24(26(19)23)28(33)34/h3-15H,16H2,1-2H3,(H,29,31)(H,30,32)(H,33,34). The minimum Gasteiger partial charge on any atom is -0.478 e. The maximum absolute atomic E-state index is 13.0. The quantitative estimate of drug-likeness (QED) is 0.274. The molecule has 0 atom stereocenters. The highest BCUT2D eigenvalue weighted by atomic mass is 32.2. The van der Waals surface area contributed by atoms with Crippen molar-refractivity contribution < 1.29 is 19.5 Å². The first-order valence-corrected chi connectivity index (χ1v) is 12.0. The molecule has 0 saturated heterocycles. The van der Waals surface area contributed by atoms with Crippen molar-refractivity contribution in [3.8, 4) is 0 Å². The highest BCUT2D eigenvalue weighted by Crippen LogP contribution is 2.25. The molecule has 0 spiro atoms. The van der Waals surface area contributed by atoms with E-state index in [9.17, 15) is 19.5 Å². The van der Waals surface area contributed by atoms with E-state index in [1.165, 1.54) is 23.4 Å². The Hall–Kier alpha value is -4.10. The molecular formula is C28H24N2O4S. The van der Waals surface area contributed by atoms with Crippen LogP contribution in [-0.4, -0.2) is 28.6 Å². The lowest BCUT2D eigenvalue weighted by molar-refractivity contribution is -0.113. The summed E-state index contributed by atoms with van der Waals surface area (Å²) in [5.41, 5.74) is 4.02. The summed E-state index contributed by atoms with van der Waals surface area (Å²) in [6.45, 7) is 4.03. The monoisotopic (exact) mass is 484 g/mol. The first-order chi connectivity index (χ1) is 16.8. The van der Waals surface area contributed by atoms with Crippen LogP contribution in [0.4, 0.5) is 11.4 Å². The van der Waals surface area contributed by atoms with Crippen LogP contribution in [0.2, 0.25) is 0 Å². The number of carbonyl (C=O) groups is 3. The Bertz CT molecular complexity index is 1430. The summed E-state index contributed by atoms with van der Waals surface area (Å²) >= 11 is 1.40. The second-order valence-electron chi connectivity index (χ2n) is 8.13. The van der Waals surface area contributed by atoms with E-state index in [0.717, 1.165) is 16.1 Å². The van der Waals surface area contributed by atoms with E-state index in [0.29, 0.717) is 22.0 Å². The number of rotatable bonds is 7. The summed E-state index contributed by atoms with van der Waals surface area (Å²) in [5, 5.41) is 16.4. The number of aromatic carboxylic acids is 1. The molecule has 0 bridgehead atoms. The number of hydrogen-bond donors (Lipinski definition) is 3. The molecule has 4 aromatic rings. The zero-order valence-electron chi connectivity index (χ0n) is 19.3. The number of thioether (sulfide) groups is 1. The van der Waals surface area contributed by atoms with Gasteiger partial charge in [0.15, 0.2) is 0 Å². The van der Waals surface area contributed by atoms with Crippen molar-refractivity contribution in [3.05, 3.63) is 101 Å². The van der Waals surface area contributed by atoms with Gasteiger partial charge in [-0.05, 0) is 78.9 Å². The fourth-order valence-corrected chi connectivity index (χ4v) is 4.40. The molecule has 2 amide bonds. The lowest BCUT2D eigenvalue weighted by Crippen LogP contribution is -2.14. The molecule has 0 radical (unpaired) electrons. The summed E-state index contributed by atoms with van der Waals surface area (Å²) in [7, 11) is 0. The smallest absolute Gasteiger partial charge is 0.336 e. The maximum atomic E-state index is 13.0. The van der Waals surface area contributed by atoms with Gasteiger partial charge in [0, 0.05) is 27.2 Å². The van der Waals surface area contributed by atoms with E-state index in [-0.39, 0.29) is 17.2 Å². The number of amides is 2. The van der Waals surface area contributed by atoms with Crippen LogP contribution >= 0.6 is 11.8 Å². The van der Waals surface area contributed by atoms with Crippen LogP contribution in [-0.2, 0) is 4.79 Å². The summed E-state index contributed by atoms with van der Waals surface area (Å²) in [4.78, 5) is 37.8. The predicted molar refractivity (Wildman–Crippen MR) is 141 cm³/mol. The van der Waals surface area contributed by atoms with Gasteiger partial charge in [0.1, 0.15) is 0 Å². The zero-order valence-corrected chi connectivity index (χ0v) is 20.1. The Labute approximate surface area is 207 Å². The maximum Gasteiger partial charge on any atom is 0.336 e. The Morgan fingerprint density at radius 1 is 0.771 bits per heavy atom. The van der Waals surface area contributed by atoms with Gasteiger partial charge in [-0.15, -0.1) is 11.8 Å². The zero-order chi connectivity index (χ0) is 24.9. The van der Waals surface area contributed by atoms with Gasteiger partial charge in [0.25, 0.3) is 5.91 Å². The third-order valence-electron chi connectivity index (χ3n) is 5.65. The van der Waals surface area contributed by atoms with Crippen LogP contribution in [0, 0.1) is 13.8 Å². The molecule has 0 fully saturated rings. The number of carboxylic acids is 1. The van der Waals surface area contributed by atoms with E-state index >= 15 is 0 Å². The lowest BCUT2D eigenvalue weighted by Gasteiger charge is -2.11. The third kappa shape index (κ3) is 5.70. The molecule has 0 saturated carbocycles. The van der Waals surface area contributed by atoms with Crippen molar-refractivity contribution in [3.63, 3.8) is 0 Å². The average molecular weight is 485 g/mol. The molecule has 0 aliphatic heterocycles. The van der Waals surface area contributed by atoms with E-state index in [1.807, 2.05) is 44.2 Å². The highest BCUT2D eigenvalue weighted by Gasteiger charge is 2.16. The Morgan fingerprint density at radius 2 is 1.43 bits per heavy atom. The van der Waals surface area contributed by atoms with E-state index in [4.69, 9.17) is 0 Å². The van der Waals surface area contributed by atoms with Crippen molar-refractivity contribution in [2.45, 2.75) is 18.7 Å². The number of benzene rings is 4. The first kappa shape index (κ1) is 24.0. The van der Waals surface area contributed by atoms with Crippen molar-refractivity contribution in [2.24, 2.45) is 0 Å². The number of carboxylic acid groups (broad SMARTS) is 1. The fourth-order valence-electron chi connectivity index (χ4n) is 3.71. The van der Waals surface area contributed by atoms with Gasteiger partial charge in [-0.1, -0.05) is 30.3 Å². The largest absolute Gasteiger partial charge is 0.478 e. The van der Waals surface area contributed by atoms with Crippen LogP contribution in [0.15, 0.2) is 83.8 Å². The van der Waals surface area contributed by atoms with E-state index in [2.05, 4.69) is 10.6 Å². The Morgan fingerprint density at radius 3 is 2.09 bits per heavy atom. The molecule has 0 aliphatic rings. The SMILES string of the molecule is Cc1ccc(NC(=O)CSc2ccc(NC(=O)c3cccc4cccc(C(=O)O)c34)cc2)cc1C. The van der Waals surface area contributed by atoms with Gasteiger partial charge >= 0.3 is 5.97 Å². The first-order valence-electron chi connectivity index (χ1n) is 11.0. The number of hydrogen-bond acceptors (Lipinski definition) is 4. The molecule has 4 rings (SSSR count). The number of aryl methyl sites for hydroxylation is 2. The van der Waals surface area contributed by atoms with Crippen LogP contribution in [0.5, 0.6) is 0 Å².